The molecule has 0 aliphatic heterocycles. The molecule has 0 bridgehead atoms. The molecule has 0 unspecified atom stereocenters. The Labute approximate surface area is 141 Å². The topological polar surface area (TPSA) is 57.6 Å². The smallest absolute Gasteiger partial charge is 0.393 e. The maximum Gasteiger partial charge on any atom is 0.417 e. The van der Waals surface area contributed by atoms with Gasteiger partial charge in [0.2, 0.25) is 10.0 Å². The summed E-state index contributed by atoms with van der Waals surface area (Å²) >= 11 is 3.03. The van der Waals surface area contributed by atoms with Crippen molar-refractivity contribution >= 4 is 26.0 Å². The van der Waals surface area contributed by atoms with Crippen molar-refractivity contribution in [1.29, 1.82) is 0 Å². The van der Waals surface area contributed by atoms with Crippen LogP contribution in [0.5, 0.6) is 0 Å². The summed E-state index contributed by atoms with van der Waals surface area (Å²) in [6.45, 7) is 0. The highest BCUT2D eigenvalue weighted by molar-refractivity contribution is 9.10. The molecule has 1 aliphatic rings. The molecule has 1 aromatic carbocycles. The van der Waals surface area contributed by atoms with Crippen LogP contribution in [0.2, 0.25) is 0 Å². The molecule has 0 radical (unpaired) electrons. The van der Waals surface area contributed by atoms with Crippen LogP contribution in [0.15, 0.2) is 27.6 Å². The number of aliphatic hydroxyl groups is 1. The Kier molecular flexibility index (Phi) is 5.44. The third-order valence-electron chi connectivity index (χ3n) is 4.09. The first-order valence-corrected chi connectivity index (χ1v) is 9.29. The van der Waals surface area contributed by atoms with E-state index >= 15 is 0 Å². The number of benzene rings is 1. The van der Waals surface area contributed by atoms with E-state index in [1.165, 1.54) is 13.1 Å². The van der Waals surface area contributed by atoms with Crippen molar-refractivity contribution in [1.82, 2.24) is 4.31 Å². The third kappa shape index (κ3) is 4.07. The Morgan fingerprint density at radius 2 is 1.78 bits per heavy atom. The number of rotatable bonds is 3. The van der Waals surface area contributed by atoms with Gasteiger partial charge in [-0.25, -0.2) is 8.42 Å². The van der Waals surface area contributed by atoms with Crippen LogP contribution in [0.4, 0.5) is 13.2 Å². The Morgan fingerprint density at radius 1 is 1.22 bits per heavy atom. The van der Waals surface area contributed by atoms with Gasteiger partial charge in [0.05, 0.1) is 16.6 Å². The standard InChI is InChI=1S/C14H17BrF3NO3S/c1-19(10-3-5-11(20)6-4-10)23(21,22)13-8-9(15)2-7-12(13)14(16,17)18/h2,7-8,10-11,20H,3-6H2,1H3. The monoisotopic (exact) mass is 415 g/mol. The summed E-state index contributed by atoms with van der Waals surface area (Å²) in [5, 5.41) is 9.49. The molecule has 1 fully saturated rings. The maximum atomic E-state index is 13.1. The van der Waals surface area contributed by atoms with Crippen LogP contribution in [0.25, 0.3) is 0 Å². The van der Waals surface area contributed by atoms with Crippen LogP contribution < -0.4 is 0 Å². The van der Waals surface area contributed by atoms with E-state index in [0.717, 1.165) is 16.4 Å². The summed E-state index contributed by atoms with van der Waals surface area (Å²) in [4.78, 5) is -0.756. The summed E-state index contributed by atoms with van der Waals surface area (Å²) in [6.07, 6.45) is -3.51. The van der Waals surface area contributed by atoms with Crippen LogP contribution in [-0.4, -0.2) is 37.0 Å². The molecule has 2 rings (SSSR count). The lowest BCUT2D eigenvalue weighted by atomic mass is 9.93. The first-order valence-electron chi connectivity index (χ1n) is 7.06. The van der Waals surface area contributed by atoms with Gasteiger partial charge in [0.25, 0.3) is 0 Å². The van der Waals surface area contributed by atoms with Crippen molar-refractivity contribution in [2.24, 2.45) is 0 Å². The highest BCUT2D eigenvalue weighted by Gasteiger charge is 2.40. The van der Waals surface area contributed by atoms with Gasteiger partial charge in [0.15, 0.2) is 0 Å². The van der Waals surface area contributed by atoms with E-state index in [1.54, 1.807) is 0 Å². The quantitative estimate of drug-likeness (QED) is 0.822. The lowest BCUT2D eigenvalue weighted by Gasteiger charge is -2.32. The largest absolute Gasteiger partial charge is 0.417 e. The van der Waals surface area contributed by atoms with E-state index in [-0.39, 0.29) is 4.47 Å². The van der Waals surface area contributed by atoms with Crippen molar-refractivity contribution in [2.75, 3.05) is 7.05 Å². The summed E-state index contributed by atoms with van der Waals surface area (Å²) in [7, 11) is -3.00. The summed E-state index contributed by atoms with van der Waals surface area (Å²) in [5.41, 5.74) is -1.18. The van der Waals surface area contributed by atoms with E-state index in [0.29, 0.717) is 25.7 Å². The molecule has 23 heavy (non-hydrogen) atoms. The van der Waals surface area contributed by atoms with Gasteiger partial charge in [-0.3, -0.25) is 0 Å². The van der Waals surface area contributed by atoms with Crippen LogP contribution in [-0.2, 0) is 16.2 Å². The molecule has 130 valence electrons. The van der Waals surface area contributed by atoms with Crippen molar-refractivity contribution in [2.45, 2.75) is 48.9 Å². The number of hydrogen-bond donors (Lipinski definition) is 1. The molecule has 0 heterocycles. The minimum atomic E-state index is -4.76. The number of aliphatic hydroxyl groups excluding tert-OH is 1. The molecule has 1 saturated carbocycles. The second kappa shape index (κ2) is 6.70. The maximum absolute atomic E-state index is 13.1. The van der Waals surface area contributed by atoms with Gasteiger partial charge in [0.1, 0.15) is 0 Å². The normalized spacial score (nSPS) is 23.3. The number of sulfonamides is 1. The fraction of sp³-hybridized carbons (Fsp3) is 0.571. The number of nitrogens with zero attached hydrogens (tertiary/aromatic N) is 1. The molecule has 0 atom stereocenters. The first-order chi connectivity index (χ1) is 10.5. The fourth-order valence-corrected chi connectivity index (χ4v) is 4.88. The number of hydrogen-bond acceptors (Lipinski definition) is 3. The van der Waals surface area contributed by atoms with Crippen LogP contribution >= 0.6 is 15.9 Å². The molecular weight excluding hydrogens is 399 g/mol. The second-order valence-corrected chi connectivity index (χ2v) is 8.50. The Balaban J connectivity index is 2.41. The molecule has 1 aromatic rings. The highest BCUT2D eigenvalue weighted by atomic mass is 79.9. The SMILES string of the molecule is CN(C1CCC(O)CC1)S(=O)(=O)c1cc(Br)ccc1C(F)(F)F. The Morgan fingerprint density at radius 3 is 2.30 bits per heavy atom. The summed E-state index contributed by atoms with van der Waals surface area (Å²) < 4.78 is 66.0. The molecular formula is C14H17BrF3NO3S. The van der Waals surface area contributed by atoms with Crippen molar-refractivity contribution in [3.63, 3.8) is 0 Å². The van der Waals surface area contributed by atoms with Gasteiger partial charge < -0.3 is 5.11 Å². The molecule has 1 aliphatic carbocycles. The zero-order valence-corrected chi connectivity index (χ0v) is 14.7. The third-order valence-corrected chi connectivity index (χ3v) is 6.53. The van der Waals surface area contributed by atoms with Gasteiger partial charge in [-0.15, -0.1) is 0 Å². The molecule has 0 aromatic heterocycles. The van der Waals surface area contributed by atoms with E-state index in [2.05, 4.69) is 15.9 Å². The van der Waals surface area contributed by atoms with E-state index in [4.69, 9.17) is 0 Å². The van der Waals surface area contributed by atoms with Crippen LogP contribution in [0, 0.1) is 0 Å². The van der Waals surface area contributed by atoms with Crippen molar-refractivity contribution in [3.05, 3.63) is 28.2 Å². The zero-order valence-electron chi connectivity index (χ0n) is 12.3. The first kappa shape index (κ1) is 18.7. The average molecular weight is 416 g/mol. The average Bonchev–Trinajstić information content (AvgIpc) is 2.46. The summed E-state index contributed by atoms with van der Waals surface area (Å²) in [6, 6.07) is 2.49. The van der Waals surface area contributed by atoms with Gasteiger partial charge in [-0.05, 0) is 43.9 Å². The van der Waals surface area contributed by atoms with E-state index in [9.17, 15) is 26.7 Å². The van der Waals surface area contributed by atoms with Crippen LogP contribution in [0.1, 0.15) is 31.2 Å². The minimum Gasteiger partial charge on any atom is -0.393 e. The second-order valence-electron chi connectivity index (χ2n) is 5.62. The number of halogens is 4. The molecule has 0 spiro atoms. The van der Waals surface area contributed by atoms with Crippen LogP contribution in [0.3, 0.4) is 0 Å². The molecule has 9 heteroatoms. The number of alkyl halides is 3. The predicted octanol–water partition coefficient (Wildman–Crippen LogP) is 3.39. The summed E-state index contributed by atoms with van der Waals surface area (Å²) in [5.74, 6) is 0. The molecule has 1 N–H and O–H groups in total. The highest BCUT2D eigenvalue weighted by Crippen LogP contribution is 2.37. The lowest BCUT2D eigenvalue weighted by Crippen LogP contribution is -2.40. The molecule has 0 amide bonds. The van der Waals surface area contributed by atoms with E-state index in [1.807, 2.05) is 0 Å². The van der Waals surface area contributed by atoms with Crippen molar-refractivity contribution < 1.29 is 26.7 Å². The lowest BCUT2D eigenvalue weighted by molar-refractivity contribution is -0.139. The molecule has 0 saturated heterocycles. The van der Waals surface area contributed by atoms with Gasteiger partial charge in [-0.2, -0.15) is 17.5 Å². The molecule has 4 nitrogen and oxygen atoms in total. The Bertz CT molecular complexity index is 670. The fourth-order valence-electron chi connectivity index (χ4n) is 2.72. The predicted molar refractivity (Wildman–Crippen MR) is 82.4 cm³/mol. The minimum absolute atomic E-state index is 0.261. The van der Waals surface area contributed by atoms with Crippen molar-refractivity contribution in [3.8, 4) is 0 Å². The van der Waals surface area contributed by atoms with Gasteiger partial charge in [0, 0.05) is 17.6 Å². The Hall–Kier alpha value is -0.640. The van der Waals surface area contributed by atoms with E-state index < -0.39 is 38.8 Å². The zero-order chi connectivity index (χ0) is 17.4. The van der Waals surface area contributed by atoms with Gasteiger partial charge in [-0.1, -0.05) is 15.9 Å². The van der Waals surface area contributed by atoms with Gasteiger partial charge >= 0.3 is 6.18 Å².